The predicted octanol–water partition coefficient (Wildman–Crippen LogP) is 4.35. The van der Waals surface area contributed by atoms with Gasteiger partial charge in [-0.2, -0.15) is 0 Å². The van der Waals surface area contributed by atoms with Crippen LogP contribution in [0.5, 0.6) is 5.75 Å². The van der Waals surface area contributed by atoms with Crippen LogP contribution in [0.25, 0.3) is 6.08 Å². The van der Waals surface area contributed by atoms with Gasteiger partial charge >= 0.3 is 0 Å². The fourth-order valence-corrected chi connectivity index (χ4v) is 1.86. The number of rotatable bonds is 4. The highest BCUT2D eigenvalue weighted by molar-refractivity contribution is 9.10. The Morgan fingerprint density at radius 2 is 1.68 bits per heavy atom. The smallest absolute Gasteiger partial charge is 0.185 e. The fraction of sp³-hybridized carbons (Fsp3) is 0.0625. The molecule has 2 nitrogen and oxygen atoms in total. The van der Waals surface area contributed by atoms with E-state index in [1.165, 1.54) is 0 Å². The average molecular weight is 317 g/mol. The van der Waals surface area contributed by atoms with Crippen LogP contribution in [0.15, 0.2) is 59.1 Å². The minimum atomic E-state index is -0.0108. The summed E-state index contributed by atoms with van der Waals surface area (Å²) in [6.45, 7) is 0. The summed E-state index contributed by atoms with van der Waals surface area (Å²) in [4.78, 5) is 11.9. The van der Waals surface area contributed by atoms with Crippen molar-refractivity contribution in [1.29, 1.82) is 0 Å². The Morgan fingerprint density at radius 3 is 2.26 bits per heavy atom. The standard InChI is InChI=1S/C16H13BrO2/c1-19-15-9-2-12(3-10-15)4-11-16(18)13-5-7-14(17)8-6-13/h2-11H,1H3/b11-4-. The first-order chi connectivity index (χ1) is 9.19. The largest absolute Gasteiger partial charge is 0.497 e. The lowest BCUT2D eigenvalue weighted by Crippen LogP contribution is -1.93. The second-order valence-corrected chi connectivity index (χ2v) is 4.89. The van der Waals surface area contributed by atoms with Gasteiger partial charge in [-0.3, -0.25) is 4.79 Å². The van der Waals surface area contributed by atoms with Crippen molar-refractivity contribution in [3.8, 4) is 5.75 Å². The van der Waals surface area contributed by atoms with Gasteiger partial charge in [0.1, 0.15) is 5.75 Å². The zero-order chi connectivity index (χ0) is 13.7. The summed E-state index contributed by atoms with van der Waals surface area (Å²) in [5.74, 6) is 0.791. The van der Waals surface area contributed by atoms with E-state index in [2.05, 4.69) is 15.9 Å². The van der Waals surface area contributed by atoms with Crippen LogP contribution < -0.4 is 4.74 Å². The van der Waals surface area contributed by atoms with Gasteiger partial charge in [0.25, 0.3) is 0 Å². The number of methoxy groups -OCH3 is 1. The van der Waals surface area contributed by atoms with Crippen LogP contribution in [-0.2, 0) is 0 Å². The van der Waals surface area contributed by atoms with E-state index in [1.54, 1.807) is 31.4 Å². The second kappa shape index (κ2) is 6.34. The summed E-state index contributed by atoms with van der Waals surface area (Å²) in [6, 6.07) is 14.8. The van der Waals surface area contributed by atoms with E-state index in [1.807, 2.05) is 36.4 Å². The molecule has 0 bridgehead atoms. The van der Waals surface area contributed by atoms with E-state index in [0.717, 1.165) is 15.8 Å². The van der Waals surface area contributed by atoms with Gasteiger partial charge in [-0.15, -0.1) is 0 Å². The molecular formula is C16H13BrO2. The highest BCUT2D eigenvalue weighted by Crippen LogP contribution is 2.14. The molecule has 0 saturated heterocycles. The minimum absolute atomic E-state index is 0.0108. The minimum Gasteiger partial charge on any atom is -0.497 e. The molecule has 0 aromatic heterocycles. The molecule has 0 unspecified atom stereocenters. The quantitative estimate of drug-likeness (QED) is 0.619. The maximum Gasteiger partial charge on any atom is 0.185 e. The third-order valence-corrected chi connectivity index (χ3v) is 3.20. The van der Waals surface area contributed by atoms with Crippen molar-refractivity contribution >= 4 is 27.8 Å². The molecule has 0 aliphatic rings. The Bertz CT molecular complexity index is 583. The summed E-state index contributed by atoms with van der Waals surface area (Å²) in [5.41, 5.74) is 1.64. The Balaban J connectivity index is 2.08. The van der Waals surface area contributed by atoms with Gasteiger partial charge in [0.2, 0.25) is 0 Å². The first-order valence-corrected chi connectivity index (χ1v) is 6.60. The number of carbonyl (C=O) groups excluding carboxylic acids is 1. The molecular weight excluding hydrogens is 304 g/mol. The fourth-order valence-electron chi connectivity index (χ4n) is 1.60. The summed E-state index contributed by atoms with van der Waals surface area (Å²) in [7, 11) is 1.63. The first kappa shape index (κ1) is 13.6. The van der Waals surface area contributed by atoms with Crippen LogP contribution >= 0.6 is 15.9 Å². The van der Waals surface area contributed by atoms with Gasteiger partial charge in [-0.05, 0) is 48.0 Å². The summed E-state index contributed by atoms with van der Waals surface area (Å²) >= 11 is 3.34. The Morgan fingerprint density at radius 1 is 1.05 bits per heavy atom. The number of hydrogen-bond donors (Lipinski definition) is 0. The lowest BCUT2D eigenvalue weighted by molar-refractivity contribution is 0.104. The molecule has 96 valence electrons. The first-order valence-electron chi connectivity index (χ1n) is 5.81. The zero-order valence-corrected chi connectivity index (χ0v) is 12.1. The lowest BCUT2D eigenvalue weighted by atomic mass is 10.1. The van der Waals surface area contributed by atoms with Crippen molar-refractivity contribution in [3.05, 3.63) is 70.2 Å². The van der Waals surface area contributed by atoms with Gasteiger partial charge in [0.15, 0.2) is 5.78 Å². The normalized spacial score (nSPS) is 10.6. The van der Waals surface area contributed by atoms with Gasteiger partial charge in [-0.25, -0.2) is 0 Å². The molecule has 0 spiro atoms. The topological polar surface area (TPSA) is 26.3 Å². The molecule has 19 heavy (non-hydrogen) atoms. The van der Waals surface area contributed by atoms with Crippen molar-refractivity contribution < 1.29 is 9.53 Å². The van der Waals surface area contributed by atoms with E-state index in [0.29, 0.717) is 5.56 Å². The monoisotopic (exact) mass is 316 g/mol. The van der Waals surface area contributed by atoms with Crippen molar-refractivity contribution in [2.24, 2.45) is 0 Å². The molecule has 0 aliphatic carbocycles. The van der Waals surface area contributed by atoms with Crippen molar-refractivity contribution in [3.63, 3.8) is 0 Å². The SMILES string of the molecule is COc1ccc(/C=C\C(=O)c2ccc(Br)cc2)cc1. The summed E-state index contributed by atoms with van der Waals surface area (Å²) in [6.07, 6.45) is 3.37. The van der Waals surface area contributed by atoms with Crippen molar-refractivity contribution in [1.82, 2.24) is 0 Å². The molecule has 0 aliphatic heterocycles. The molecule has 0 N–H and O–H groups in total. The van der Waals surface area contributed by atoms with Crippen molar-refractivity contribution in [2.75, 3.05) is 7.11 Å². The molecule has 0 fully saturated rings. The third-order valence-electron chi connectivity index (χ3n) is 2.67. The summed E-state index contributed by atoms with van der Waals surface area (Å²) < 4.78 is 6.04. The molecule has 2 rings (SSSR count). The Labute approximate surface area is 120 Å². The van der Waals surface area contributed by atoms with E-state index in [-0.39, 0.29) is 5.78 Å². The molecule has 0 amide bonds. The Hall–Kier alpha value is -1.87. The molecule has 2 aromatic carbocycles. The lowest BCUT2D eigenvalue weighted by Gasteiger charge is -1.99. The van der Waals surface area contributed by atoms with Crippen LogP contribution in [0.4, 0.5) is 0 Å². The maximum absolute atomic E-state index is 11.9. The van der Waals surface area contributed by atoms with Crippen LogP contribution in [-0.4, -0.2) is 12.9 Å². The van der Waals surface area contributed by atoms with Gasteiger partial charge in [-0.1, -0.05) is 34.1 Å². The highest BCUT2D eigenvalue weighted by atomic mass is 79.9. The molecule has 0 atom stereocenters. The van der Waals surface area contributed by atoms with Gasteiger partial charge in [0.05, 0.1) is 7.11 Å². The average Bonchev–Trinajstić information content (AvgIpc) is 2.46. The van der Waals surface area contributed by atoms with Gasteiger partial charge in [0, 0.05) is 10.0 Å². The number of carbonyl (C=O) groups is 1. The molecule has 0 saturated carbocycles. The van der Waals surface area contributed by atoms with E-state index in [4.69, 9.17) is 4.74 Å². The van der Waals surface area contributed by atoms with E-state index in [9.17, 15) is 4.79 Å². The van der Waals surface area contributed by atoms with Crippen molar-refractivity contribution in [2.45, 2.75) is 0 Å². The van der Waals surface area contributed by atoms with Crippen LogP contribution in [0.1, 0.15) is 15.9 Å². The van der Waals surface area contributed by atoms with Gasteiger partial charge < -0.3 is 4.74 Å². The predicted molar refractivity (Wildman–Crippen MR) is 80.5 cm³/mol. The number of allylic oxidation sites excluding steroid dienone is 1. The molecule has 3 heteroatoms. The Kier molecular flexibility index (Phi) is 4.53. The number of benzene rings is 2. The molecule has 2 aromatic rings. The third kappa shape index (κ3) is 3.80. The van der Waals surface area contributed by atoms with Crippen LogP contribution in [0.3, 0.4) is 0 Å². The summed E-state index contributed by atoms with van der Waals surface area (Å²) in [5, 5.41) is 0. The maximum atomic E-state index is 11.9. The number of ether oxygens (including phenoxy) is 1. The zero-order valence-electron chi connectivity index (χ0n) is 10.5. The number of hydrogen-bond acceptors (Lipinski definition) is 2. The number of ketones is 1. The highest BCUT2D eigenvalue weighted by Gasteiger charge is 2.00. The molecule has 0 heterocycles. The molecule has 0 radical (unpaired) electrons. The van der Waals surface area contributed by atoms with Crippen LogP contribution in [0.2, 0.25) is 0 Å². The van der Waals surface area contributed by atoms with Crippen LogP contribution in [0, 0.1) is 0 Å². The van der Waals surface area contributed by atoms with E-state index < -0.39 is 0 Å². The second-order valence-electron chi connectivity index (χ2n) is 3.98. The van der Waals surface area contributed by atoms with E-state index >= 15 is 0 Å². The number of halogens is 1.